The van der Waals surface area contributed by atoms with E-state index in [0.717, 1.165) is 0 Å². The molecule has 0 bridgehead atoms. The maximum Gasteiger partial charge on any atom is 0.0162 e. The van der Waals surface area contributed by atoms with Gasteiger partial charge in [-0.1, -0.05) is 6.07 Å². The molecule has 2 rings (SSSR count). The van der Waals surface area contributed by atoms with E-state index >= 15 is 0 Å². The summed E-state index contributed by atoms with van der Waals surface area (Å²) in [6.45, 7) is 2.21. The Morgan fingerprint density at radius 3 is 2.33 bits per heavy atom. The lowest BCUT2D eigenvalue weighted by molar-refractivity contribution is 0.684. The van der Waals surface area contributed by atoms with Crippen molar-refractivity contribution in [1.82, 2.24) is 0 Å². The van der Waals surface area contributed by atoms with Crippen molar-refractivity contribution in [3.05, 3.63) is 32.4 Å². The number of fused-ring (bicyclic) bond motifs is 1. The van der Waals surface area contributed by atoms with Gasteiger partial charge in [-0.3, -0.25) is 0 Å². The molecule has 1 aromatic rings. The fraction of sp³-hybridized carbons (Fsp3) is 0.455. The third kappa shape index (κ3) is 1.51. The first-order valence-corrected chi connectivity index (χ1v) is 5.63. The van der Waals surface area contributed by atoms with E-state index in [1.165, 1.54) is 34.8 Å². The third-order valence-corrected chi connectivity index (χ3v) is 3.79. The summed E-state index contributed by atoms with van der Waals surface area (Å²) >= 11 is 2.43. The Balaban J connectivity index is 2.49. The summed E-state index contributed by atoms with van der Waals surface area (Å²) in [5, 5.41) is 0. The first-order chi connectivity index (χ1) is 5.77. The van der Waals surface area contributed by atoms with E-state index in [0.29, 0.717) is 0 Å². The molecule has 0 radical (unpaired) electrons. The average Bonchev–Trinajstić information content (AvgIpc) is 2.07. The van der Waals surface area contributed by atoms with E-state index in [2.05, 4.69) is 41.6 Å². The molecule has 0 amide bonds. The second-order valence-electron chi connectivity index (χ2n) is 3.58. The highest BCUT2D eigenvalue weighted by Crippen LogP contribution is 2.25. The lowest BCUT2D eigenvalue weighted by Gasteiger charge is -2.16. The zero-order valence-corrected chi connectivity index (χ0v) is 9.52. The second kappa shape index (κ2) is 3.36. The Bertz CT molecular complexity index is 271. The summed E-state index contributed by atoms with van der Waals surface area (Å²) in [4.78, 5) is 0. The molecule has 0 spiro atoms. The van der Waals surface area contributed by atoms with Crippen LogP contribution in [0.4, 0.5) is 0 Å². The number of benzene rings is 1. The van der Waals surface area contributed by atoms with Gasteiger partial charge in [-0.05, 0) is 78.0 Å². The number of hydrogen-bond donors (Lipinski definition) is 0. The second-order valence-corrected chi connectivity index (χ2v) is 4.74. The van der Waals surface area contributed by atoms with Crippen LogP contribution in [-0.4, -0.2) is 0 Å². The van der Waals surface area contributed by atoms with Crippen LogP contribution in [0, 0.1) is 10.5 Å². The minimum absolute atomic E-state index is 1.30. The van der Waals surface area contributed by atoms with Crippen LogP contribution >= 0.6 is 22.6 Å². The lowest BCUT2D eigenvalue weighted by atomic mass is 9.91. The summed E-state index contributed by atoms with van der Waals surface area (Å²) in [6, 6.07) is 4.74. The Morgan fingerprint density at radius 1 is 1.08 bits per heavy atom. The van der Waals surface area contributed by atoms with Crippen LogP contribution in [0.5, 0.6) is 0 Å². The van der Waals surface area contributed by atoms with Crippen LogP contribution in [0.15, 0.2) is 12.1 Å². The highest BCUT2D eigenvalue weighted by Gasteiger charge is 2.10. The van der Waals surface area contributed by atoms with Gasteiger partial charge >= 0.3 is 0 Å². The standard InChI is InChI=1S/C11H13I/c1-8-6-9-4-2-3-5-10(9)7-11(8)12/h6-7H,2-5H2,1H3. The third-order valence-electron chi connectivity index (χ3n) is 2.62. The van der Waals surface area contributed by atoms with Crippen molar-refractivity contribution in [1.29, 1.82) is 0 Å². The molecule has 64 valence electrons. The van der Waals surface area contributed by atoms with Crippen LogP contribution < -0.4 is 0 Å². The molecular weight excluding hydrogens is 259 g/mol. The Labute approximate surface area is 87.5 Å². The average molecular weight is 272 g/mol. The van der Waals surface area contributed by atoms with Crippen LogP contribution in [0.1, 0.15) is 29.5 Å². The maximum atomic E-state index is 2.43. The van der Waals surface area contributed by atoms with Crippen LogP contribution in [-0.2, 0) is 12.8 Å². The topological polar surface area (TPSA) is 0 Å². The number of hydrogen-bond acceptors (Lipinski definition) is 0. The first-order valence-electron chi connectivity index (χ1n) is 4.55. The highest BCUT2D eigenvalue weighted by molar-refractivity contribution is 14.1. The summed E-state index contributed by atoms with van der Waals surface area (Å²) in [6.07, 6.45) is 5.36. The zero-order chi connectivity index (χ0) is 8.55. The van der Waals surface area contributed by atoms with Crippen LogP contribution in [0.2, 0.25) is 0 Å². The Morgan fingerprint density at radius 2 is 1.67 bits per heavy atom. The van der Waals surface area contributed by atoms with E-state index in [4.69, 9.17) is 0 Å². The number of halogens is 1. The Hall–Kier alpha value is -0.0500. The summed E-state index contributed by atoms with van der Waals surface area (Å²) < 4.78 is 1.42. The van der Waals surface area contributed by atoms with Gasteiger partial charge in [-0.2, -0.15) is 0 Å². The SMILES string of the molecule is Cc1cc2c(cc1I)CCCC2. The van der Waals surface area contributed by atoms with Gasteiger partial charge in [0.15, 0.2) is 0 Å². The molecule has 0 saturated carbocycles. The van der Waals surface area contributed by atoms with Gasteiger partial charge in [0.2, 0.25) is 0 Å². The summed E-state index contributed by atoms with van der Waals surface area (Å²) in [7, 11) is 0. The Kier molecular flexibility index (Phi) is 2.40. The van der Waals surface area contributed by atoms with Gasteiger partial charge < -0.3 is 0 Å². The smallest absolute Gasteiger partial charge is 0.0162 e. The van der Waals surface area contributed by atoms with Crippen molar-refractivity contribution in [2.75, 3.05) is 0 Å². The fourth-order valence-electron chi connectivity index (χ4n) is 1.88. The molecule has 0 aliphatic heterocycles. The van der Waals surface area contributed by atoms with E-state index in [9.17, 15) is 0 Å². The van der Waals surface area contributed by atoms with Crippen LogP contribution in [0.3, 0.4) is 0 Å². The highest BCUT2D eigenvalue weighted by atomic mass is 127. The van der Waals surface area contributed by atoms with Gasteiger partial charge in [0.1, 0.15) is 0 Å². The number of rotatable bonds is 0. The molecule has 0 unspecified atom stereocenters. The fourth-order valence-corrected chi connectivity index (χ4v) is 2.41. The molecule has 1 heteroatoms. The van der Waals surface area contributed by atoms with Gasteiger partial charge in [0.25, 0.3) is 0 Å². The predicted octanol–water partition coefficient (Wildman–Crippen LogP) is 3.48. The van der Waals surface area contributed by atoms with Crippen molar-refractivity contribution < 1.29 is 0 Å². The summed E-state index contributed by atoms with van der Waals surface area (Å²) in [5.41, 5.74) is 4.63. The van der Waals surface area contributed by atoms with Gasteiger partial charge in [0.05, 0.1) is 0 Å². The molecule has 0 saturated heterocycles. The van der Waals surface area contributed by atoms with E-state index in [-0.39, 0.29) is 0 Å². The molecule has 0 nitrogen and oxygen atoms in total. The van der Waals surface area contributed by atoms with E-state index in [1.54, 1.807) is 11.1 Å². The molecule has 1 aliphatic rings. The summed E-state index contributed by atoms with van der Waals surface area (Å²) in [5.74, 6) is 0. The molecule has 0 fully saturated rings. The van der Waals surface area contributed by atoms with Crippen molar-refractivity contribution >= 4 is 22.6 Å². The lowest BCUT2D eigenvalue weighted by Crippen LogP contribution is -2.03. The first kappa shape index (κ1) is 8.54. The minimum atomic E-state index is 1.30. The van der Waals surface area contributed by atoms with E-state index < -0.39 is 0 Å². The quantitative estimate of drug-likeness (QED) is 0.634. The van der Waals surface area contributed by atoms with Crippen molar-refractivity contribution in [2.24, 2.45) is 0 Å². The molecular formula is C11H13I. The van der Waals surface area contributed by atoms with Gasteiger partial charge in [-0.15, -0.1) is 0 Å². The van der Waals surface area contributed by atoms with Crippen molar-refractivity contribution in [3.8, 4) is 0 Å². The predicted molar refractivity (Wildman–Crippen MR) is 60.5 cm³/mol. The molecule has 0 atom stereocenters. The van der Waals surface area contributed by atoms with Crippen molar-refractivity contribution in [2.45, 2.75) is 32.6 Å². The minimum Gasteiger partial charge on any atom is -0.0548 e. The largest absolute Gasteiger partial charge is 0.0548 e. The maximum absolute atomic E-state index is 2.43. The molecule has 1 aliphatic carbocycles. The van der Waals surface area contributed by atoms with E-state index in [1.807, 2.05) is 0 Å². The monoisotopic (exact) mass is 272 g/mol. The van der Waals surface area contributed by atoms with Crippen LogP contribution in [0.25, 0.3) is 0 Å². The molecule has 12 heavy (non-hydrogen) atoms. The zero-order valence-electron chi connectivity index (χ0n) is 7.36. The normalized spacial score (nSPS) is 15.8. The number of aryl methyl sites for hydroxylation is 3. The molecule has 0 heterocycles. The van der Waals surface area contributed by atoms with Crippen molar-refractivity contribution in [3.63, 3.8) is 0 Å². The molecule has 0 N–H and O–H groups in total. The van der Waals surface area contributed by atoms with Gasteiger partial charge in [0, 0.05) is 3.57 Å². The molecule has 0 aromatic heterocycles. The van der Waals surface area contributed by atoms with Gasteiger partial charge in [-0.25, -0.2) is 0 Å². The molecule has 1 aromatic carbocycles.